The molecule has 162 valence electrons. The van der Waals surface area contributed by atoms with E-state index in [0.717, 1.165) is 0 Å². The minimum atomic E-state index is -2.13. The van der Waals surface area contributed by atoms with Crippen LogP contribution in [0.3, 0.4) is 0 Å². The van der Waals surface area contributed by atoms with E-state index in [9.17, 15) is 39.6 Å². The molecule has 0 unspecified atom stereocenters. The Morgan fingerprint density at radius 3 is 1.18 bits per heavy atom. The summed E-state index contributed by atoms with van der Waals surface area (Å²) in [6.07, 6.45) is -7.94. The van der Waals surface area contributed by atoms with Gasteiger partial charge in [0.05, 0.1) is 0 Å². The Balaban J connectivity index is 4.34. The summed E-state index contributed by atoms with van der Waals surface area (Å²) in [7, 11) is 0. The van der Waals surface area contributed by atoms with Gasteiger partial charge in [0, 0.05) is 39.0 Å². The Hall–Kier alpha value is -2.28. The van der Waals surface area contributed by atoms with Crippen LogP contribution in [-0.4, -0.2) is 94.6 Å². The average Bonchev–Trinajstić information content (AvgIpc) is 2.70. The van der Waals surface area contributed by atoms with Crippen LogP contribution >= 0.6 is 0 Å². The van der Waals surface area contributed by atoms with Crippen molar-refractivity contribution in [2.45, 2.75) is 51.1 Å². The molecule has 0 saturated carbocycles. The first-order valence-electron chi connectivity index (χ1n) is 8.96. The quantitative estimate of drug-likeness (QED) is 0.141. The third-order valence-corrected chi connectivity index (χ3v) is 3.67. The number of rotatable bonds is 13. The number of carbonyl (C=O) groups is 4. The van der Waals surface area contributed by atoms with Crippen molar-refractivity contribution in [1.82, 2.24) is 21.3 Å². The van der Waals surface area contributed by atoms with Gasteiger partial charge in [-0.25, -0.2) is 0 Å². The number of hydrogen-bond donors (Lipinski definition) is 8. The lowest BCUT2D eigenvalue weighted by Crippen LogP contribution is -2.55. The van der Waals surface area contributed by atoms with Crippen molar-refractivity contribution in [3.05, 3.63) is 0 Å². The van der Waals surface area contributed by atoms with Gasteiger partial charge in [-0.2, -0.15) is 0 Å². The van der Waals surface area contributed by atoms with Crippen LogP contribution in [0.1, 0.15) is 26.7 Å². The van der Waals surface area contributed by atoms with Crippen LogP contribution in [-0.2, 0) is 19.2 Å². The molecule has 12 nitrogen and oxygen atoms in total. The number of nitrogens with one attached hydrogen (secondary N) is 4. The summed E-state index contributed by atoms with van der Waals surface area (Å²) in [5.41, 5.74) is 0. The van der Waals surface area contributed by atoms with Crippen molar-refractivity contribution >= 4 is 23.6 Å². The van der Waals surface area contributed by atoms with E-state index in [4.69, 9.17) is 0 Å². The van der Waals surface area contributed by atoms with Crippen molar-refractivity contribution in [1.29, 1.82) is 0 Å². The van der Waals surface area contributed by atoms with E-state index in [1.807, 2.05) is 0 Å². The van der Waals surface area contributed by atoms with Gasteiger partial charge in [-0.1, -0.05) is 13.8 Å². The minimum absolute atomic E-state index is 0.0308. The molecule has 0 heterocycles. The largest absolute Gasteiger partial charge is 0.387 e. The topological polar surface area (TPSA) is 197 Å². The molecule has 0 aromatic heterocycles. The van der Waals surface area contributed by atoms with Gasteiger partial charge < -0.3 is 41.7 Å². The van der Waals surface area contributed by atoms with Crippen LogP contribution in [0, 0.1) is 0 Å². The van der Waals surface area contributed by atoms with Crippen LogP contribution in [0.4, 0.5) is 0 Å². The van der Waals surface area contributed by atoms with Crippen LogP contribution in [0.5, 0.6) is 0 Å². The predicted octanol–water partition coefficient (Wildman–Crippen LogP) is -4.29. The van der Waals surface area contributed by atoms with Gasteiger partial charge in [0.1, 0.15) is 12.2 Å². The standard InChI is InChI=1S/C16H30N4O8/c1-3-9(21)17-5-7-19-15(27)13(25)11(23)12(24)14(26)16(28)20-8-6-18-10(22)4-2/h11-14,23-26H,3-8H2,1-2H3,(H,17,21)(H,18,22)(H,19,27)(H,20,28)/t11-,12+,13+,14-. The monoisotopic (exact) mass is 406 g/mol. The molecule has 0 aromatic rings. The fraction of sp³-hybridized carbons (Fsp3) is 0.750. The molecule has 0 aliphatic heterocycles. The molecule has 8 N–H and O–H groups in total. The summed E-state index contributed by atoms with van der Waals surface area (Å²) < 4.78 is 0. The fourth-order valence-corrected chi connectivity index (χ4v) is 1.92. The molecule has 4 amide bonds. The second-order valence-corrected chi connectivity index (χ2v) is 5.86. The molecule has 0 radical (unpaired) electrons. The van der Waals surface area contributed by atoms with Gasteiger partial charge >= 0.3 is 0 Å². The maximum atomic E-state index is 11.7. The third kappa shape index (κ3) is 9.60. The maximum Gasteiger partial charge on any atom is 0.251 e. The molecular formula is C16H30N4O8. The number of aliphatic hydroxyl groups is 4. The Kier molecular flexibility index (Phi) is 12.7. The molecule has 12 heteroatoms. The van der Waals surface area contributed by atoms with Gasteiger partial charge in [0.2, 0.25) is 11.8 Å². The molecule has 0 aliphatic rings. The van der Waals surface area contributed by atoms with Crippen LogP contribution in [0.2, 0.25) is 0 Å². The zero-order valence-corrected chi connectivity index (χ0v) is 16.0. The predicted molar refractivity (Wildman–Crippen MR) is 96.6 cm³/mol. The molecule has 0 fully saturated rings. The molecule has 4 atom stereocenters. The fourth-order valence-electron chi connectivity index (χ4n) is 1.92. The lowest BCUT2D eigenvalue weighted by molar-refractivity contribution is -0.155. The van der Waals surface area contributed by atoms with E-state index in [0.29, 0.717) is 0 Å². The summed E-state index contributed by atoms with van der Waals surface area (Å²) in [6, 6.07) is 0. The second-order valence-electron chi connectivity index (χ2n) is 5.86. The van der Waals surface area contributed by atoms with Crippen LogP contribution in [0.25, 0.3) is 0 Å². The highest BCUT2D eigenvalue weighted by Gasteiger charge is 2.37. The van der Waals surface area contributed by atoms with Gasteiger partial charge in [-0.3, -0.25) is 19.2 Å². The molecule has 0 aromatic carbocycles. The Morgan fingerprint density at radius 1 is 0.607 bits per heavy atom. The first-order chi connectivity index (χ1) is 13.1. The number of carbonyl (C=O) groups excluding carboxylic acids is 4. The van der Waals surface area contributed by atoms with E-state index in [-0.39, 0.29) is 50.8 Å². The summed E-state index contributed by atoms with van der Waals surface area (Å²) in [4.78, 5) is 45.5. The zero-order chi connectivity index (χ0) is 21.7. The highest BCUT2D eigenvalue weighted by molar-refractivity contribution is 5.83. The number of aliphatic hydroxyl groups excluding tert-OH is 4. The maximum absolute atomic E-state index is 11.7. The molecule has 28 heavy (non-hydrogen) atoms. The number of hydrogen-bond acceptors (Lipinski definition) is 8. The molecule has 0 aliphatic carbocycles. The van der Waals surface area contributed by atoms with E-state index < -0.39 is 36.2 Å². The Morgan fingerprint density at radius 2 is 0.893 bits per heavy atom. The van der Waals surface area contributed by atoms with Crippen molar-refractivity contribution in [3.8, 4) is 0 Å². The summed E-state index contributed by atoms with van der Waals surface area (Å²) in [5, 5.41) is 48.5. The summed E-state index contributed by atoms with van der Waals surface area (Å²) in [5.74, 6) is -2.55. The zero-order valence-electron chi connectivity index (χ0n) is 16.0. The second kappa shape index (κ2) is 13.8. The van der Waals surface area contributed by atoms with Gasteiger partial charge in [-0.15, -0.1) is 0 Å². The Labute approximate surface area is 162 Å². The van der Waals surface area contributed by atoms with Gasteiger partial charge in [-0.05, 0) is 0 Å². The van der Waals surface area contributed by atoms with E-state index in [2.05, 4.69) is 21.3 Å². The number of amides is 4. The SMILES string of the molecule is CCC(=O)NCCNC(=O)[C@@H](O)[C@H](O)[C@H](O)[C@@H](O)C(=O)NCCNC(=O)CC. The van der Waals surface area contributed by atoms with E-state index in [1.165, 1.54) is 0 Å². The smallest absolute Gasteiger partial charge is 0.251 e. The van der Waals surface area contributed by atoms with E-state index >= 15 is 0 Å². The van der Waals surface area contributed by atoms with E-state index in [1.54, 1.807) is 13.8 Å². The molecule has 0 spiro atoms. The third-order valence-electron chi connectivity index (χ3n) is 3.67. The average molecular weight is 406 g/mol. The molecule has 0 saturated heterocycles. The first kappa shape index (κ1) is 25.7. The normalized spacial score (nSPS) is 14.9. The highest BCUT2D eigenvalue weighted by atomic mass is 16.4. The van der Waals surface area contributed by atoms with Gasteiger partial charge in [0.25, 0.3) is 11.8 Å². The lowest BCUT2D eigenvalue weighted by atomic mass is 10.0. The van der Waals surface area contributed by atoms with Crippen LogP contribution < -0.4 is 21.3 Å². The molecular weight excluding hydrogens is 376 g/mol. The van der Waals surface area contributed by atoms with Crippen molar-refractivity contribution in [3.63, 3.8) is 0 Å². The molecule has 0 bridgehead atoms. The highest BCUT2D eigenvalue weighted by Crippen LogP contribution is 2.06. The minimum Gasteiger partial charge on any atom is -0.387 e. The van der Waals surface area contributed by atoms with Gasteiger partial charge in [0.15, 0.2) is 12.2 Å². The summed E-state index contributed by atoms with van der Waals surface area (Å²) >= 11 is 0. The van der Waals surface area contributed by atoms with Crippen molar-refractivity contribution in [2.24, 2.45) is 0 Å². The Bertz CT molecular complexity index is 485. The molecule has 0 rings (SSSR count). The summed E-state index contributed by atoms with van der Waals surface area (Å²) in [6.45, 7) is 3.44. The van der Waals surface area contributed by atoms with Crippen molar-refractivity contribution in [2.75, 3.05) is 26.2 Å². The van der Waals surface area contributed by atoms with Crippen molar-refractivity contribution < 1.29 is 39.6 Å². The first-order valence-corrected chi connectivity index (χ1v) is 8.96. The lowest BCUT2D eigenvalue weighted by Gasteiger charge is -2.25. The van der Waals surface area contributed by atoms with Crippen LogP contribution in [0.15, 0.2) is 0 Å².